The van der Waals surface area contributed by atoms with Crippen LogP contribution in [0.5, 0.6) is 0 Å². The molecular formula is C15H23ClFN3O2. The standard InChI is InChI=1S/C15H22FN3O2.ClH/c1-10(20)18-11-5-6-13(16)12(7-11)14(21)19(4)9-15(2,3)8-17;/h5-7H,8-9,17H2,1-4H3,(H,18,20);1H. The average Bonchev–Trinajstić information content (AvgIpc) is 2.39. The number of nitrogens with one attached hydrogen (secondary N) is 1. The highest BCUT2D eigenvalue weighted by Crippen LogP contribution is 2.19. The molecule has 22 heavy (non-hydrogen) atoms. The highest BCUT2D eigenvalue weighted by molar-refractivity contribution is 5.97. The van der Waals surface area contributed by atoms with Crippen molar-refractivity contribution in [3.05, 3.63) is 29.6 Å². The molecule has 5 nitrogen and oxygen atoms in total. The third-order valence-electron chi connectivity index (χ3n) is 3.08. The van der Waals surface area contributed by atoms with Gasteiger partial charge in [0.15, 0.2) is 0 Å². The summed E-state index contributed by atoms with van der Waals surface area (Å²) in [5.41, 5.74) is 5.70. The second-order valence-electron chi connectivity index (χ2n) is 5.91. The van der Waals surface area contributed by atoms with Crippen molar-refractivity contribution in [1.82, 2.24) is 4.90 Å². The van der Waals surface area contributed by atoms with Crippen LogP contribution < -0.4 is 11.1 Å². The Kier molecular flexibility index (Phi) is 7.49. The van der Waals surface area contributed by atoms with Gasteiger partial charge in [0.1, 0.15) is 5.82 Å². The highest BCUT2D eigenvalue weighted by Gasteiger charge is 2.23. The molecule has 0 unspecified atom stereocenters. The Labute approximate surface area is 136 Å². The summed E-state index contributed by atoms with van der Waals surface area (Å²) in [4.78, 5) is 24.8. The van der Waals surface area contributed by atoms with Crippen molar-refractivity contribution >= 4 is 29.9 Å². The Morgan fingerprint density at radius 1 is 1.36 bits per heavy atom. The number of nitrogens with zero attached hydrogens (tertiary/aromatic N) is 1. The van der Waals surface area contributed by atoms with Crippen molar-refractivity contribution < 1.29 is 14.0 Å². The van der Waals surface area contributed by atoms with Crippen LogP contribution in [0, 0.1) is 11.2 Å². The van der Waals surface area contributed by atoms with Gasteiger partial charge in [-0.05, 0) is 30.2 Å². The number of anilines is 1. The summed E-state index contributed by atoms with van der Waals surface area (Å²) in [7, 11) is 1.60. The molecule has 0 aliphatic rings. The molecule has 0 radical (unpaired) electrons. The zero-order valence-corrected chi connectivity index (χ0v) is 14.1. The van der Waals surface area contributed by atoms with E-state index in [1.165, 1.54) is 30.0 Å². The van der Waals surface area contributed by atoms with Gasteiger partial charge in [-0.2, -0.15) is 0 Å². The van der Waals surface area contributed by atoms with Crippen LogP contribution in [0.1, 0.15) is 31.1 Å². The van der Waals surface area contributed by atoms with Gasteiger partial charge in [0, 0.05) is 26.2 Å². The maximum Gasteiger partial charge on any atom is 0.256 e. The molecule has 0 fully saturated rings. The normalized spacial score (nSPS) is 10.6. The monoisotopic (exact) mass is 331 g/mol. The molecule has 1 aromatic carbocycles. The van der Waals surface area contributed by atoms with Crippen LogP contribution in [0.25, 0.3) is 0 Å². The number of hydrogen-bond acceptors (Lipinski definition) is 3. The molecule has 0 aliphatic carbocycles. The maximum atomic E-state index is 13.8. The molecule has 124 valence electrons. The summed E-state index contributed by atoms with van der Waals surface area (Å²) in [6.45, 7) is 6.04. The van der Waals surface area contributed by atoms with E-state index in [-0.39, 0.29) is 29.3 Å². The molecule has 0 spiro atoms. The minimum Gasteiger partial charge on any atom is -0.341 e. The molecule has 0 aromatic heterocycles. The third kappa shape index (κ3) is 5.61. The second-order valence-corrected chi connectivity index (χ2v) is 5.91. The molecular weight excluding hydrogens is 309 g/mol. The Balaban J connectivity index is 0.00000441. The lowest BCUT2D eigenvalue weighted by atomic mass is 9.93. The quantitative estimate of drug-likeness (QED) is 0.869. The van der Waals surface area contributed by atoms with E-state index in [4.69, 9.17) is 5.73 Å². The van der Waals surface area contributed by atoms with E-state index in [0.717, 1.165) is 0 Å². The van der Waals surface area contributed by atoms with E-state index in [1.54, 1.807) is 7.05 Å². The van der Waals surface area contributed by atoms with Crippen LogP contribution in [-0.2, 0) is 4.79 Å². The van der Waals surface area contributed by atoms with Gasteiger partial charge in [0.2, 0.25) is 5.91 Å². The van der Waals surface area contributed by atoms with Crippen LogP contribution in [0.4, 0.5) is 10.1 Å². The summed E-state index contributed by atoms with van der Waals surface area (Å²) in [5.74, 6) is -1.34. The van der Waals surface area contributed by atoms with Crippen LogP contribution in [-0.4, -0.2) is 36.9 Å². The van der Waals surface area contributed by atoms with E-state index in [0.29, 0.717) is 18.8 Å². The zero-order chi connectivity index (χ0) is 16.2. The van der Waals surface area contributed by atoms with Crippen molar-refractivity contribution in [2.45, 2.75) is 20.8 Å². The van der Waals surface area contributed by atoms with Gasteiger partial charge in [-0.15, -0.1) is 12.4 Å². The fourth-order valence-corrected chi connectivity index (χ4v) is 1.95. The van der Waals surface area contributed by atoms with Crippen molar-refractivity contribution in [2.24, 2.45) is 11.1 Å². The van der Waals surface area contributed by atoms with Crippen LogP contribution >= 0.6 is 12.4 Å². The molecule has 0 heterocycles. The van der Waals surface area contributed by atoms with Gasteiger partial charge in [0.25, 0.3) is 5.91 Å². The number of nitrogens with two attached hydrogens (primary N) is 1. The van der Waals surface area contributed by atoms with E-state index < -0.39 is 11.7 Å². The molecule has 7 heteroatoms. The zero-order valence-electron chi connectivity index (χ0n) is 13.3. The third-order valence-corrected chi connectivity index (χ3v) is 3.08. The molecule has 0 saturated heterocycles. The first-order valence-electron chi connectivity index (χ1n) is 6.69. The van der Waals surface area contributed by atoms with E-state index in [9.17, 15) is 14.0 Å². The largest absolute Gasteiger partial charge is 0.341 e. The van der Waals surface area contributed by atoms with Gasteiger partial charge < -0.3 is 16.0 Å². The molecule has 0 aliphatic heterocycles. The fourth-order valence-electron chi connectivity index (χ4n) is 1.95. The first-order chi connectivity index (χ1) is 9.66. The van der Waals surface area contributed by atoms with Crippen molar-refractivity contribution in [3.63, 3.8) is 0 Å². The Morgan fingerprint density at radius 3 is 2.45 bits per heavy atom. The number of hydrogen-bond donors (Lipinski definition) is 2. The molecule has 0 bridgehead atoms. The van der Waals surface area contributed by atoms with Gasteiger partial charge in [-0.1, -0.05) is 13.8 Å². The summed E-state index contributed by atoms with van der Waals surface area (Å²) < 4.78 is 13.8. The summed E-state index contributed by atoms with van der Waals surface area (Å²) >= 11 is 0. The number of benzene rings is 1. The number of rotatable bonds is 5. The lowest BCUT2D eigenvalue weighted by molar-refractivity contribution is -0.114. The highest BCUT2D eigenvalue weighted by atomic mass is 35.5. The Hall–Kier alpha value is -1.66. The molecule has 1 rings (SSSR count). The minimum absolute atomic E-state index is 0. The van der Waals surface area contributed by atoms with Gasteiger partial charge in [-0.25, -0.2) is 4.39 Å². The van der Waals surface area contributed by atoms with Gasteiger partial charge >= 0.3 is 0 Å². The summed E-state index contributed by atoms with van der Waals surface area (Å²) in [5, 5.41) is 2.53. The smallest absolute Gasteiger partial charge is 0.256 e. The van der Waals surface area contributed by atoms with E-state index >= 15 is 0 Å². The van der Waals surface area contributed by atoms with Crippen molar-refractivity contribution in [3.8, 4) is 0 Å². The molecule has 0 saturated carbocycles. The molecule has 1 aromatic rings. The average molecular weight is 332 g/mol. The predicted molar refractivity (Wildman–Crippen MR) is 87.7 cm³/mol. The van der Waals surface area contributed by atoms with Crippen LogP contribution in [0.3, 0.4) is 0 Å². The maximum absolute atomic E-state index is 13.8. The van der Waals surface area contributed by atoms with Gasteiger partial charge in [0.05, 0.1) is 5.56 Å². The van der Waals surface area contributed by atoms with Crippen molar-refractivity contribution in [1.29, 1.82) is 0 Å². The molecule has 0 atom stereocenters. The van der Waals surface area contributed by atoms with Gasteiger partial charge in [-0.3, -0.25) is 9.59 Å². The first-order valence-corrected chi connectivity index (χ1v) is 6.69. The Morgan fingerprint density at radius 2 is 1.95 bits per heavy atom. The topological polar surface area (TPSA) is 75.4 Å². The van der Waals surface area contributed by atoms with E-state index in [1.807, 2.05) is 13.8 Å². The van der Waals surface area contributed by atoms with Crippen LogP contribution in [0.15, 0.2) is 18.2 Å². The minimum atomic E-state index is -0.619. The lowest BCUT2D eigenvalue weighted by Gasteiger charge is -2.29. The summed E-state index contributed by atoms with van der Waals surface area (Å²) in [6, 6.07) is 3.92. The SMILES string of the molecule is CC(=O)Nc1ccc(F)c(C(=O)N(C)CC(C)(C)CN)c1.Cl. The first kappa shape index (κ1) is 20.3. The van der Waals surface area contributed by atoms with Crippen molar-refractivity contribution in [2.75, 3.05) is 25.5 Å². The van der Waals surface area contributed by atoms with E-state index in [2.05, 4.69) is 5.32 Å². The number of carbonyl (C=O) groups excluding carboxylic acids is 2. The number of carbonyl (C=O) groups is 2. The number of halogens is 2. The Bertz CT molecular complexity index is 550. The molecule has 3 N–H and O–H groups in total. The fraction of sp³-hybridized carbons (Fsp3) is 0.467. The lowest BCUT2D eigenvalue weighted by Crippen LogP contribution is -2.40. The molecule has 2 amide bonds. The van der Waals surface area contributed by atoms with Crippen LogP contribution in [0.2, 0.25) is 0 Å². The predicted octanol–water partition coefficient (Wildman–Crippen LogP) is 2.26. The summed E-state index contributed by atoms with van der Waals surface area (Å²) in [6.07, 6.45) is 0. The second kappa shape index (κ2) is 8.10. The number of amides is 2.